The van der Waals surface area contributed by atoms with Crippen LogP contribution in [0.15, 0.2) is 24.5 Å². The molecule has 4 nitrogen and oxygen atoms in total. The number of hydrogen-bond donors (Lipinski definition) is 0. The molecule has 4 heteroatoms. The first kappa shape index (κ1) is 7.91. The van der Waals surface area contributed by atoms with Crippen molar-refractivity contribution in [1.82, 2.24) is 19.7 Å². The third-order valence-electron chi connectivity index (χ3n) is 1.80. The van der Waals surface area contributed by atoms with Gasteiger partial charge in [-0.25, -0.2) is 0 Å². The molecular weight excluding hydrogens is 164 g/mol. The van der Waals surface area contributed by atoms with Gasteiger partial charge in [0.05, 0.1) is 0 Å². The second-order valence-corrected chi connectivity index (χ2v) is 2.61. The van der Waals surface area contributed by atoms with Crippen molar-refractivity contribution in [3.05, 3.63) is 30.9 Å². The molecule has 65 valence electrons. The maximum absolute atomic E-state index is 4.02. The molecule has 0 N–H and O–H groups in total. The summed E-state index contributed by atoms with van der Waals surface area (Å²) >= 11 is 0. The number of pyridine rings is 1. The first-order valence-electron chi connectivity index (χ1n) is 4.13. The molecule has 0 aliphatic carbocycles. The quantitative estimate of drug-likeness (QED) is 0.684. The minimum Gasteiger partial charge on any atom is -0.305 e. The fraction of sp³-hybridized carbons (Fsp3) is 0.222. The minimum absolute atomic E-state index is 0.815. The second-order valence-electron chi connectivity index (χ2n) is 2.61. The zero-order valence-electron chi connectivity index (χ0n) is 7.31. The van der Waals surface area contributed by atoms with Crippen molar-refractivity contribution in [2.75, 3.05) is 0 Å². The van der Waals surface area contributed by atoms with Crippen molar-refractivity contribution >= 4 is 0 Å². The summed E-state index contributed by atoms with van der Waals surface area (Å²) in [4.78, 5) is 4.02. The van der Waals surface area contributed by atoms with E-state index >= 15 is 0 Å². The molecule has 1 radical (unpaired) electrons. The average Bonchev–Trinajstić information content (AvgIpc) is 2.67. The van der Waals surface area contributed by atoms with Crippen LogP contribution in [0, 0.1) is 6.33 Å². The Labute approximate surface area is 76.3 Å². The van der Waals surface area contributed by atoms with E-state index in [9.17, 15) is 0 Å². The van der Waals surface area contributed by atoms with E-state index in [4.69, 9.17) is 0 Å². The highest BCUT2D eigenvalue weighted by Crippen LogP contribution is 2.13. The van der Waals surface area contributed by atoms with Gasteiger partial charge in [0.1, 0.15) is 0 Å². The molecule has 2 aromatic rings. The van der Waals surface area contributed by atoms with Crippen LogP contribution in [0.3, 0.4) is 0 Å². The van der Waals surface area contributed by atoms with Gasteiger partial charge in [0, 0.05) is 24.5 Å². The van der Waals surface area contributed by atoms with Gasteiger partial charge in [-0.1, -0.05) is 0 Å². The summed E-state index contributed by atoms with van der Waals surface area (Å²) < 4.78 is 1.86. The maximum atomic E-state index is 4.02. The van der Waals surface area contributed by atoms with Crippen molar-refractivity contribution in [3.63, 3.8) is 0 Å². The number of aromatic nitrogens is 4. The molecular formula is C9H9N4. The van der Waals surface area contributed by atoms with Crippen LogP contribution in [0.25, 0.3) is 11.4 Å². The van der Waals surface area contributed by atoms with Crippen molar-refractivity contribution in [1.29, 1.82) is 0 Å². The summed E-state index contributed by atoms with van der Waals surface area (Å²) in [6.45, 7) is 2.84. The molecule has 2 rings (SSSR count). The van der Waals surface area contributed by atoms with Crippen LogP contribution in [-0.2, 0) is 6.54 Å². The first-order valence-corrected chi connectivity index (χ1v) is 4.13. The maximum Gasteiger partial charge on any atom is 0.202 e. The van der Waals surface area contributed by atoms with Gasteiger partial charge in [-0.05, 0) is 19.1 Å². The van der Waals surface area contributed by atoms with Gasteiger partial charge in [0.2, 0.25) is 6.33 Å². The van der Waals surface area contributed by atoms with Gasteiger partial charge in [-0.2, -0.15) is 0 Å². The monoisotopic (exact) mass is 173 g/mol. The van der Waals surface area contributed by atoms with Crippen LogP contribution >= 0.6 is 0 Å². The standard InChI is InChI=1S/C9H9N4/c1-2-13-7-11-12-9(13)8-4-3-5-10-6-8/h3-6H,2H2,1H3. The number of nitrogens with zero attached hydrogens (tertiary/aromatic N) is 4. The minimum atomic E-state index is 0.815. The lowest BCUT2D eigenvalue weighted by Crippen LogP contribution is -1.96. The Morgan fingerprint density at radius 2 is 2.46 bits per heavy atom. The van der Waals surface area contributed by atoms with Crippen molar-refractivity contribution in [3.8, 4) is 11.4 Å². The zero-order chi connectivity index (χ0) is 9.10. The Balaban J connectivity index is 2.47. The van der Waals surface area contributed by atoms with Crippen LogP contribution in [0.5, 0.6) is 0 Å². The highest BCUT2D eigenvalue weighted by Gasteiger charge is 2.04. The molecule has 0 bridgehead atoms. The summed E-state index contributed by atoms with van der Waals surface area (Å²) in [7, 11) is 0. The lowest BCUT2D eigenvalue weighted by molar-refractivity contribution is 0.760. The van der Waals surface area contributed by atoms with Crippen LogP contribution in [0.4, 0.5) is 0 Å². The molecule has 2 heterocycles. The smallest absolute Gasteiger partial charge is 0.202 e. The summed E-state index contributed by atoms with van der Waals surface area (Å²) in [6, 6.07) is 3.83. The van der Waals surface area contributed by atoms with E-state index in [1.165, 1.54) is 0 Å². The largest absolute Gasteiger partial charge is 0.305 e. The van der Waals surface area contributed by atoms with Gasteiger partial charge in [0.25, 0.3) is 0 Å². The molecule has 0 spiro atoms. The van der Waals surface area contributed by atoms with Crippen molar-refractivity contribution < 1.29 is 0 Å². The summed E-state index contributed by atoms with van der Waals surface area (Å²) in [5, 5.41) is 7.70. The predicted octanol–water partition coefficient (Wildman–Crippen LogP) is 1.16. The predicted molar refractivity (Wildman–Crippen MR) is 47.8 cm³/mol. The SMILES string of the molecule is CCn1[c]nnc1-c1cccnc1. The summed E-state index contributed by atoms with van der Waals surface area (Å²) in [5.74, 6) is 0.815. The third kappa shape index (κ3) is 1.42. The lowest BCUT2D eigenvalue weighted by Gasteiger charge is -2.00. The zero-order valence-corrected chi connectivity index (χ0v) is 7.31. The molecule has 0 fully saturated rings. The summed E-state index contributed by atoms with van der Waals surface area (Å²) in [6.07, 6.45) is 6.29. The number of hydrogen-bond acceptors (Lipinski definition) is 3. The first-order chi connectivity index (χ1) is 6.42. The van der Waals surface area contributed by atoms with Gasteiger partial charge in [0.15, 0.2) is 5.82 Å². The van der Waals surface area contributed by atoms with Gasteiger partial charge in [-0.15, -0.1) is 10.2 Å². The molecule has 13 heavy (non-hydrogen) atoms. The van der Waals surface area contributed by atoms with Crippen LogP contribution in [0.1, 0.15) is 6.92 Å². The molecule has 0 aliphatic heterocycles. The van der Waals surface area contributed by atoms with E-state index in [0.717, 1.165) is 17.9 Å². The molecule has 0 unspecified atom stereocenters. The molecule has 0 atom stereocenters. The van der Waals surface area contributed by atoms with E-state index in [2.05, 4.69) is 21.5 Å². The Morgan fingerprint density at radius 1 is 1.54 bits per heavy atom. The Morgan fingerprint density at radius 3 is 3.15 bits per heavy atom. The van der Waals surface area contributed by atoms with E-state index in [-0.39, 0.29) is 0 Å². The molecule has 0 saturated heterocycles. The molecule has 0 saturated carbocycles. The third-order valence-corrected chi connectivity index (χ3v) is 1.80. The average molecular weight is 173 g/mol. The molecule has 0 aromatic carbocycles. The highest BCUT2D eigenvalue weighted by molar-refractivity contribution is 5.52. The van der Waals surface area contributed by atoms with E-state index < -0.39 is 0 Å². The topological polar surface area (TPSA) is 43.6 Å². The van der Waals surface area contributed by atoms with Crippen LogP contribution in [-0.4, -0.2) is 19.7 Å². The fourth-order valence-electron chi connectivity index (χ4n) is 1.15. The number of rotatable bonds is 2. The highest BCUT2D eigenvalue weighted by atomic mass is 15.3. The Kier molecular flexibility index (Phi) is 2.04. The van der Waals surface area contributed by atoms with Gasteiger partial charge >= 0.3 is 0 Å². The van der Waals surface area contributed by atoms with Crippen molar-refractivity contribution in [2.24, 2.45) is 0 Å². The van der Waals surface area contributed by atoms with Gasteiger partial charge in [-0.3, -0.25) is 4.98 Å². The molecule has 0 aliphatic rings. The van der Waals surface area contributed by atoms with E-state index in [1.54, 1.807) is 12.4 Å². The molecule has 0 amide bonds. The van der Waals surface area contributed by atoms with Crippen LogP contribution < -0.4 is 0 Å². The van der Waals surface area contributed by atoms with Gasteiger partial charge < -0.3 is 4.57 Å². The normalized spacial score (nSPS) is 10.2. The van der Waals surface area contributed by atoms with E-state index in [1.807, 2.05) is 23.6 Å². The number of aryl methyl sites for hydroxylation is 1. The molecule has 2 aromatic heterocycles. The second kappa shape index (κ2) is 3.35. The lowest BCUT2D eigenvalue weighted by atomic mass is 10.3. The van der Waals surface area contributed by atoms with Crippen molar-refractivity contribution in [2.45, 2.75) is 13.5 Å². The van der Waals surface area contributed by atoms with Crippen LogP contribution in [0.2, 0.25) is 0 Å². The Bertz CT molecular complexity index is 380. The fourth-order valence-corrected chi connectivity index (χ4v) is 1.15. The summed E-state index contributed by atoms with van der Waals surface area (Å²) in [5.41, 5.74) is 0.970. The van der Waals surface area contributed by atoms with E-state index in [0.29, 0.717) is 0 Å². The Hall–Kier alpha value is -1.71.